The molecule has 82 valence electrons. The van der Waals surface area contributed by atoms with Crippen molar-refractivity contribution in [3.05, 3.63) is 42.7 Å². The monoisotopic (exact) mass is 215 g/mol. The van der Waals surface area contributed by atoms with E-state index in [9.17, 15) is 4.79 Å². The third-order valence-corrected chi connectivity index (χ3v) is 2.47. The summed E-state index contributed by atoms with van der Waals surface area (Å²) in [5.41, 5.74) is 1.07. The van der Waals surface area contributed by atoms with Crippen LogP contribution >= 0.6 is 0 Å². The van der Waals surface area contributed by atoms with Gasteiger partial charge in [0.25, 0.3) is 5.91 Å². The van der Waals surface area contributed by atoms with Crippen molar-refractivity contribution in [2.45, 2.75) is 0 Å². The molecule has 0 saturated carbocycles. The summed E-state index contributed by atoms with van der Waals surface area (Å²) in [6.45, 7) is 0.309. The maximum absolute atomic E-state index is 11.5. The van der Waals surface area contributed by atoms with Gasteiger partial charge >= 0.3 is 0 Å². The average Bonchev–Trinajstić information content (AvgIpc) is 2.44. The molecule has 1 aliphatic rings. The van der Waals surface area contributed by atoms with Crippen molar-refractivity contribution < 1.29 is 4.79 Å². The fraction of sp³-hybridized carbons (Fsp3) is 0.167. The van der Waals surface area contributed by atoms with Gasteiger partial charge in [-0.3, -0.25) is 10.2 Å². The summed E-state index contributed by atoms with van der Waals surface area (Å²) in [6.07, 6.45) is 3.49. The number of nitrogens with zero attached hydrogens (tertiary/aromatic N) is 2. The molecule has 0 aliphatic carbocycles. The van der Waals surface area contributed by atoms with Gasteiger partial charge in [0.2, 0.25) is 0 Å². The molecule has 0 fully saturated rings. The van der Waals surface area contributed by atoms with Crippen LogP contribution in [0.15, 0.2) is 42.7 Å². The number of para-hydroxylation sites is 1. The lowest BCUT2D eigenvalue weighted by atomic mass is 10.2. The number of carbonyl (C=O) groups is 1. The molecule has 0 spiro atoms. The standard InChI is InChI=1S/C12H13N3O/c1-14-7-8-15(9-11(13)12(14)16)10-5-3-2-4-6-10/h2-8,13H,9H2,1H3. The predicted octanol–water partition coefficient (Wildman–Crippen LogP) is 1.46. The average molecular weight is 215 g/mol. The Hall–Kier alpha value is -2.10. The van der Waals surface area contributed by atoms with Crippen molar-refractivity contribution in [3.63, 3.8) is 0 Å². The molecule has 4 heteroatoms. The second-order valence-corrected chi connectivity index (χ2v) is 3.66. The Kier molecular flexibility index (Phi) is 2.72. The zero-order valence-electron chi connectivity index (χ0n) is 9.05. The third-order valence-electron chi connectivity index (χ3n) is 2.47. The SMILES string of the molecule is CN1C=CN(c2ccccc2)CC(=N)C1=O. The lowest BCUT2D eigenvalue weighted by Gasteiger charge is -2.17. The first kappa shape index (κ1) is 10.4. The van der Waals surface area contributed by atoms with Gasteiger partial charge in [-0.1, -0.05) is 18.2 Å². The maximum atomic E-state index is 11.5. The van der Waals surface area contributed by atoms with Crippen molar-refractivity contribution in [1.82, 2.24) is 4.90 Å². The summed E-state index contributed by atoms with van der Waals surface area (Å²) >= 11 is 0. The summed E-state index contributed by atoms with van der Waals surface area (Å²) in [5, 5.41) is 7.67. The van der Waals surface area contributed by atoms with Crippen molar-refractivity contribution in [3.8, 4) is 0 Å². The van der Waals surface area contributed by atoms with Gasteiger partial charge in [0.05, 0.1) is 6.54 Å². The molecule has 16 heavy (non-hydrogen) atoms. The fourth-order valence-electron chi connectivity index (χ4n) is 1.55. The first-order valence-corrected chi connectivity index (χ1v) is 5.03. The molecule has 4 nitrogen and oxygen atoms in total. The number of hydrogen-bond acceptors (Lipinski definition) is 3. The van der Waals surface area contributed by atoms with Gasteiger partial charge in [0.1, 0.15) is 5.71 Å². The summed E-state index contributed by atoms with van der Waals surface area (Å²) < 4.78 is 0. The number of benzene rings is 1. The van der Waals surface area contributed by atoms with Crippen molar-refractivity contribution >= 4 is 17.3 Å². The Labute approximate surface area is 94.3 Å². The van der Waals surface area contributed by atoms with E-state index < -0.39 is 0 Å². The lowest BCUT2D eigenvalue weighted by Crippen LogP contribution is -2.32. The van der Waals surface area contributed by atoms with Gasteiger partial charge in [0.15, 0.2) is 0 Å². The molecule has 0 saturated heterocycles. The largest absolute Gasteiger partial charge is 0.340 e. The highest BCUT2D eigenvalue weighted by atomic mass is 16.2. The summed E-state index contributed by atoms with van der Waals surface area (Å²) in [4.78, 5) is 14.8. The Balaban J connectivity index is 2.28. The molecule has 1 N–H and O–H groups in total. The van der Waals surface area contributed by atoms with Crippen molar-refractivity contribution in [2.24, 2.45) is 0 Å². The topological polar surface area (TPSA) is 47.4 Å². The Morgan fingerprint density at radius 3 is 2.56 bits per heavy atom. The second-order valence-electron chi connectivity index (χ2n) is 3.66. The van der Waals surface area contributed by atoms with E-state index in [0.29, 0.717) is 6.54 Å². The smallest absolute Gasteiger partial charge is 0.273 e. The molecule has 1 aliphatic heterocycles. The van der Waals surface area contributed by atoms with E-state index in [1.807, 2.05) is 41.4 Å². The molecule has 0 unspecified atom stereocenters. The van der Waals surface area contributed by atoms with Gasteiger partial charge in [-0.05, 0) is 12.1 Å². The number of hydrogen-bond donors (Lipinski definition) is 1. The van der Waals surface area contributed by atoms with Crippen LogP contribution in [-0.2, 0) is 4.79 Å². The van der Waals surface area contributed by atoms with E-state index in [1.165, 1.54) is 4.90 Å². The number of anilines is 1. The highest BCUT2D eigenvalue weighted by Crippen LogP contribution is 2.15. The van der Waals surface area contributed by atoms with Gasteiger partial charge in [0, 0.05) is 25.1 Å². The highest BCUT2D eigenvalue weighted by Gasteiger charge is 2.19. The molecule has 2 rings (SSSR count). The van der Waals surface area contributed by atoms with E-state index in [-0.39, 0.29) is 11.6 Å². The van der Waals surface area contributed by atoms with Crippen LogP contribution in [0.3, 0.4) is 0 Å². The van der Waals surface area contributed by atoms with Crippen LogP contribution < -0.4 is 4.90 Å². The van der Waals surface area contributed by atoms with Crippen LogP contribution in [0.4, 0.5) is 5.69 Å². The van der Waals surface area contributed by atoms with Gasteiger partial charge < -0.3 is 9.80 Å². The Bertz CT molecular complexity index is 439. The van der Waals surface area contributed by atoms with E-state index in [2.05, 4.69) is 0 Å². The molecule has 0 bridgehead atoms. The normalized spacial score (nSPS) is 16.6. The minimum atomic E-state index is -0.255. The van der Waals surface area contributed by atoms with Gasteiger partial charge in [-0.25, -0.2) is 0 Å². The van der Waals surface area contributed by atoms with Gasteiger partial charge in [-0.15, -0.1) is 0 Å². The van der Waals surface area contributed by atoms with E-state index in [1.54, 1.807) is 13.2 Å². The van der Waals surface area contributed by atoms with Crippen molar-refractivity contribution in [1.29, 1.82) is 5.41 Å². The second kappa shape index (κ2) is 4.18. The first-order chi connectivity index (χ1) is 7.68. The zero-order chi connectivity index (χ0) is 11.5. The molecular weight excluding hydrogens is 202 g/mol. The fourth-order valence-corrected chi connectivity index (χ4v) is 1.55. The molecule has 1 heterocycles. The predicted molar refractivity (Wildman–Crippen MR) is 63.4 cm³/mol. The van der Waals surface area contributed by atoms with E-state index in [0.717, 1.165) is 5.69 Å². The number of carbonyl (C=O) groups excluding carboxylic acids is 1. The minimum Gasteiger partial charge on any atom is -0.340 e. The van der Waals surface area contributed by atoms with Crippen LogP contribution in [0.1, 0.15) is 0 Å². The third kappa shape index (κ3) is 1.95. The van der Waals surface area contributed by atoms with Crippen LogP contribution in [0.2, 0.25) is 0 Å². The summed E-state index contributed by atoms with van der Waals surface area (Å²) in [6, 6.07) is 9.71. The van der Waals surface area contributed by atoms with Crippen LogP contribution in [0.5, 0.6) is 0 Å². The van der Waals surface area contributed by atoms with E-state index in [4.69, 9.17) is 5.41 Å². The first-order valence-electron chi connectivity index (χ1n) is 5.03. The summed E-state index contributed by atoms with van der Waals surface area (Å²) in [7, 11) is 1.65. The molecule has 0 radical (unpaired) electrons. The molecule has 1 aromatic rings. The molecule has 0 atom stereocenters. The number of amides is 1. The molecule has 0 aromatic heterocycles. The molecule has 1 amide bonds. The number of nitrogens with one attached hydrogen (secondary N) is 1. The van der Waals surface area contributed by atoms with E-state index >= 15 is 0 Å². The highest BCUT2D eigenvalue weighted by molar-refractivity contribution is 6.39. The lowest BCUT2D eigenvalue weighted by molar-refractivity contribution is -0.120. The van der Waals surface area contributed by atoms with Gasteiger partial charge in [-0.2, -0.15) is 0 Å². The van der Waals surface area contributed by atoms with Crippen molar-refractivity contribution in [2.75, 3.05) is 18.5 Å². The number of rotatable bonds is 1. The Morgan fingerprint density at radius 2 is 1.88 bits per heavy atom. The van der Waals surface area contributed by atoms with Crippen LogP contribution in [0.25, 0.3) is 0 Å². The van der Waals surface area contributed by atoms with Crippen LogP contribution in [-0.4, -0.2) is 30.1 Å². The molecular formula is C12H13N3O. The van der Waals surface area contributed by atoms with Crippen LogP contribution in [0, 0.1) is 5.41 Å². The Morgan fingerprint density at radius 1 is 1.19 bits per heavy atom. The zero-order valence-corrected chi connectivity index (χ0v) is 9.05. The molecule has 1 aromatic carbocycles. The quantitative estimate of drug-likeness (QED) is 0.770. The maximum Gasteiger partial charge on any atom is 0.273 e. The minimum absolute atomic E-state index is 0.0938. The summed E-state index contributed by atoms with van der Waals surface area (Å²) in [5.74, 6) is -0.255.